The lowest BCUT2D eigenvalue weighted by molar-refractivity contribution is -0.137. The minimum Gasteiger partial charge on any atom is -0.339 e. The number of carbonyl (C=O) groups is 1. The van der Waals surface area contributed by atoms with Gasteiger partial charge in [-0.2, -0.15) is 0 Å². The van der Waals surface area contributed by atoms with E-state index in [1.54, 1.807) is 0 Å². The van der Waals surface area contributed by atoms with Crippen LogP contribution in [0.15, 0.2) is 12.7 Å². The molecule has 0 saturated heterocycles. The fraction of sp³-hybridized carbons (Fsp3) is 0.903. The van der Waals surface area contributed by atoms with Crippen LogP contribution in [-0.4, -0.2) is 23.9 Å². The molecule has 0 heterocycles. The highest BCUT2D eigenvalue weighted by Gasteiger charge is 2.60. The summed E-state index contributed by atoms with van der Waals surface area (Å²) in [5, 5.41) is 0. The summed E-state index contributed by atoms with van der Waals surface area (Å²) in [5.41, 5.74) is 1.09. The van der Waals surface area contributed by atoms with Crippen molar-refractivity contribution in [2.24, 2.45) is 52.3 Å². The van der Waals surface area contributed by atoms with Crippen molar-refractivity contribution in [2.45, 2.75) is 118 Å². The van der Waals surface area contributed by atoms with E-state index in [1.807, 2.05) is 11.9 Å². The van der Waals surface area contributed by atoms with Gasteiger partial charge in [0.2, 0.25) is 5.91 Å². The van der Waals surface area contributed by atoms with Crippen LogP contribution in [0, 0.1) is 52.3 Å². The molecule has 4 fully saturated rings. The molecule has 2 nitrogen and oxygen atoms in total. The quantitative estimate of drug-likeness (QED) is 0.355. The van der Waals surface area contributed by atoms with Crippen molar-refractivity contribution >= 4 is 5.91 Å². The van der Waals surface area contributed by atoms with Gasteiger partial charge in [-0.3, -0.25) is 4.79 Å². The van der Waals surface area contributed by atoms with E-state index in [2.05, 4.69) is 41.2 Å². The first-order chi connectivity index (χ1) is 15.6. The number of likely N-dealkylation sites (N-methyl/N-ethyl adjacent to an activating group) is 1. The number of carbonyl (C=O) groups excluding carboxylic acids is 1. The smallest absolute Gasteiger partial charge is 0.245 e. The predicted molar refractivity (Wildman–Crippen MR) is 140 cm³/mol. The topological polar surface area (TPSA) is 20.3 Å². The van der Waals surface area contributed by atoms with Crippen LogP contribution in [0.2, 0.25) is 0 Å². The molecule has 1 unspecified atom stereocenters. The van der Waals surface area contributed by atoms with Crippen molar-refractivity contribution in [1.82, 2.24) is 4.90 Å². The van der Waals surface area contributed by atoms with Crippen LogP contribution in [0.4, 0.5) is 0 Å². The minimum absolute atomic E-state index is 0.102. The highest BCUT2D eigenvalue weighted by atomic mass is 16.2. The van der Waals surface area contributed by atoms with Gasteiger partial charge in [0.15, 0.2) is 0 Å². The number of nitrogens with zero attached hydrogens (tertiary/aromatic N) is 1. The summed E-state index contributed by atoms with van der Waals surface area (Å²) in [6.07, 6.45) is 18.2. The second-order valence-corrected chi connectivity index (χ2v) is 13.8. The maximum absolute atomic E-state index is 12.2. The summed E-state index contributed by atoms with van der Waals surface area (Å²) in [7, 11) is 2.00. The fourth-order valence-corrected chi connectivity index (χ4v) is 9.94. The van der Waals surface area contributed by atoms with Crippen molar-refractivity contribution < 1.29 is 4.79 Å². The predicted octanol–water partition coefficient (Wildman–Crippen LogP) is 8.12. The third-order valence-electron chi connectivity index (χ3n) is 11.9. The van der Waals surface area contributed by atoms with Crippen LogP contribution >= 0.6 is 0 Å². The molecular formula is C31H53NO. The third-order valence-corrected chi connectivity index (χ3v) is 11.9. The molecule has 2 heteroatoms. The van der Waals surface area contributed by atoms with Gasteiger partial charge >= 0.3 is 0 Å². The van der Waals surface area contributed by atoms with Gasteiger partial charge in [-0.1, -0.05) is 60.5 Å². The van der Waals surface area contributed by atoms with Crippen molar-refractivity contribution in [3.8, 4) is 0 Å². The van der Waals surface area contributed by atoms with Crippen molar-refractivity contribution in [3.63, 3.8) is 0 Å². The van der Waals surface area contributed by atoms with Gasteiger partial charge in [0.05, 0.1) is 0 Å². The summed E-state index contributed by atoms with van der Waals surface area (Å²) < 4.78 is 0. The molecule has 0 aromatic heterocycles. The van der Waals surface area contributed by atoms with Gasteiger partial charge in [0.1, 0.15) is 0 Å². The Hall–Kier alpha value is -0.790. The Bertz CT molecular complexity index is 714. The number of amides is 1. The van der Waals surface area contributed by atoms with Crippen molar-refractivity contribution in [2.75, 3.05) is 7.05 Å². The number of hydrogen-bond donors (Lipinski definition) is 0. The largest absolute Gasteiger partial charge is 0.339 e. The Balaban J connectivity index is 1.43. The monoisotopic (exact) mass is 455 g/mol. The van der Waals surface area contributed by atoms with E-state index in [4.69, 9.17) is 0 Å². The first-order valence-electron chi connectivity index (χ1n) is 14.5. The molecule has 9 atom stereocenters. The maximum Gasteiger partial charge on any atom is 0.245 e. The molecule has 4 aliphatic carbocycles. The lowest BCUT2D eigenvalue weighted by Gasteiger charge is -2.61. The summed E-state index contributed by atoms with van der Waals surface area (Å²) >= 11 is 0. The van der Waals surface area contributed by atoms with E-state index in [9.17, 15) is 4.79 Å². The minimum atomic E-state index is 0.102. The van der Waals surface area contributed by atoms with Crippen LogP contribution < -0.4 is 0 Å². The fourth-order valence-electron chi connectivity index (χ4n) is 9.94. The molecular weight excluding hydrogens is 402 g/mol. The van der Waals surface area contributed by atoms with Crippen LogP contribution in [0.1, 0.15) is 112 Å². The van der Waals surface area contributed by atoms with Gasteiger partial charge in [-0.15, -0.1) is 0 Å². The number of hydrogen-bond acceptors (Lipinski definition) is 1. The lowest BCUT2D eigenvalue weighted by atomic mass is 9.44. The van der Waals surface area contributed by atoms with Crippen LogP contribution in [0.25, 0.3) is 0 Å². The molecule has 0 radical (unpaired) electrons. The van der Waals surface area contributed by atoms with E-state index in [1.165, 1.54) is 83.1 Å². The average molecular weight is 456 g/mol. The zero-order chi connectivity index (χ0) is 24.0. The van der Waals surface area contributed by atoms with E-state index in [0.717, 1.165) is 41.4 Å². The van der Waals surface area contributed by atoms with Gasteiger partial charge in [0, 0.05) is 13.1 Å². The van der Waals surface area contributed by atoms with Crippen LogP contribution in [0.5, 0.6) is 0 Å². The van der Waals surface area contributed by atoms with Gasteiger partial charge in [-0.25, -0.2) is 0 Å². The highest BCUT2D eigenvalue weighted by molar-refractivity contribution is 5.87. The second-order valence-electron chi connectivity index (χ2n) is 13.8. The average Bonchev–Trinajstić information content (AvgIpc) is 3.14. The van der Waals surface area contributed by atoms with Gasteiger partial charge in [-0.05, 0) is 116 Å². The Kier molecular flexibility index (Phi) is 7.43. The second kappa shape index (κ2) is 9.69. The third kappa shape index (κ3) is 4.47. The highest BCUT2D eigenvalue weighted by Crippen LogP contribution is 2.68. The Morgan fingerprint density at radius 1 is 0.970 bits per heavy atom. The number of fused-ring (bicyclic) bond motifs is 5. The van der Waals surface area contributed by atoms with E-state index >= 15 is 0 Å². The summed E-state index contributed by atoms with van der Waals surface area (Å²) in [5.74, 6) is 6.45. The molecule has 0 aliphatic heterocycles. The molecule has 4 aliphatic rings. The van der Waals surface area contributed by atoms with Crippen LogP contribution in [-0.2, 0) is 4.79 Å². The molecule has 0 aromatic rings. The molecule has 4 saturated carbocycles. The van der Waals surface area contributed by atoms with Crippen molar-refractivity contribution in [3.05, 3.63) is 12.7 Å². The Labute approximate surface area is 205 Å². The standard InChI is InChI=1S/C31H53NO/c1-8-29(33)32(7)24-16-18-30(5)23(20-24)12-13-25-27-15-14-26(22(4)11-9-10-21(2)3)31(27,6)19-17-28(25)30/h8,21-28H,1,9-20H2,2-7H3/t22-,23-,24+,25+,26?,27+,28+,30+,31-/m1/s1. The molecule has 33 heavy (non-hydrogen) atoms. The van der Waals surface area contributed by atoms with Gasteiger partial charge in [0.25, 0.3) is 0 Å². The van der Waals surface area contributed by atoms with Crippen LogP contribution in [0.3, 0.4) is 0 Å². The van der Waals surface area contributed by atoms with Gasteiger partial charge < -0.3 is 4.90 Å². The normalized spacial score (nSPS) is 43.4. The molecule has 4 rings (SSSR count). The maximum atomic E-state index is 12.2. The number of rotatable bonds is 7. The zero-order valence-electron chi connectivity index (χ0n) is 22.7. The lowest BCUT2D eigenvalue weighted by Crippen LogP contribution is -2.55. The first-order valence-corrected chi connectivity index (χ1v) is 14.5. The first kappa shape index (κ1) is 25.3. The Morgan fingerprint density at radius 3 is 2.36 bits per heavy atom. The molecule has 0 aromatic carbocycles. The molecule has 0 N–H and O–H groups in total. The van der Waals surface area contributed by atoms with E-state index in [0.29, 0.717) is 16.9 Å². The SMILES string of the molecule is C=CC(=O)N(C)[C@H]1CC[C@@]2(C)[C@H](CC[C@@H]3[C@@H]2CC[C@]2(C)C([C@H](C)CCCC(C)C)CC[C@@H]32)C1. The summed E-state index contributed by atoms with van der Waals surface area (Å²) in [4.78, 5) is 14.2. The van der Waals surface area contributed by atoms with E-state index < -0.39 is 0 Å². The summed E-state index contributed by atoms with van der Waals surface area (Å²) in [6.45, 7) is 16.4. The van der Waals surface area contributed by atoms with E-state index in [-0.39, 0.29) is 5.91 Å². The van der Waals surface area contributed by atoms with Crippen molar-refractivity contribution in [1.29, 1.82) is 0 Å². The molecule has 1 amide bonds. The molecule has 188 valence electrons. The Morgan fingerprint density at radius 2 is 1.67 bits per heavy atom. The molecule has 0 bridgehead atoms. The molecule has 0 spiro atoms. The zero-order valence-corrected chi connectivity index (χ0v) is 22.7. The summed E-state index contributed by atoms with van der Waals surface area (Å²) in [6, 6.07) is 0.418.